The van der Waals surface area contributed by atoms with E-state index in [1.807, 2.05) is 44.3 Å². The number of carboxylic acids is 1. The summed E-state index contributed by atoms with van der Waals surface area (Å²) in [5.41, 5.74) is 1.50. The van der Waals surface area contributed by atoms with Gasteiger partial charge in [-0.15, -0.1) is 0 Å². The van der Waals surface area contributed by atoms with Gasteiger partial charge in [0.2, 0.25) is 0 Å². The van der Waals surface area contributed by atoms with Crippen molar-refractivity contribution in [3.05, 3.63) is 36.0 Å². The van der Waals surface area contributed by atoms with Crippen LogP contribution in [0, 0.1) is 10.8 Å². The fourth-order valence-corrected chi connectivity index (χ4v) is 3.06. The van der Waals surface area contributed by atoms with E-state index in [0.717, 1.165) is 22.9 Å². The van der Waals surface area contributed by atoms with Gasteiger partial charge >= 0.3 is 5.97 Å². The Hall–Kier alpha value is -1.77. The van der Waals surface area contributed by atoms with Gasteiger partial charge in [-0.25, -0.2) is 0 Å². The van der Waals surface area contributed by atoms with E-state index in [9.17, 15) is 9.90 Å². The fraction of sp³-hybridized carbons (Fsp3) is 0.400. The minimum atomic E-state index is -0.669. The average molecular weight is 243 g/mol. The van der Waals surface area contributed by atoms with E-state index in [4.69, 9.17) is 0 Å². The molecule has 2 aromatic rings. The van der Waals surface area contributed by atoms with Gasteiger partial charge in [-0.05, 0) is 29.9 Å². The van der Waals surface area contributed by atoms with Crippen molar-refractivity contribution in [1.82, 2.24) is 4.98 Å². The monoisotopic (exact) mass is 243 g/mol. The molecule has 0 amide bonds. The lowest BCUT2D eigenvalue weighted by atomic mass is 9.89. The van der Waals surface area contributed by atoms with E-state index in [1.165, 1.54) is 0 Å². The molecule has 1 heterocycles. The molecular formula is C15H17NO2. The predicted molar refractivity (Wildman–Crippen MR) is 70.5 cm³/mol. The molecule has 1 aromatic heterocycles. The molecule has 0 saturated heterocycles. The quantitative estimate of drug-likeness (QED) is 0.869. The Morgan fingerprint density at radius 2 is 2.06 bits per heavy atom. The molecule has 1 unspecified atom stereocenters. The van der Waals surface area contributed by atoms with Gasteiger partial charge in [0.25, 0.3) is 0 Å². The molecule has 1 aliphatic carbocycles. The smallest absolute Gasteiger partial charge is 0.310 e. The molecule has 1 atom stereocenters. The molecule has 2 N–H and O–H groups in total. The SMILES string of the molecule is CC1(C)CC1(Cc1c[nH]c2ccccc12)C(=O)O. The van der Waals surface area contributed by atoms with Crippen molar-refractivity contribution in [1.29, 1.82) is 0 Å². The van der Waals surface area contributed by atoms with E-state index in [-0.39, 0.29) is 5.41 Å². The molecule has 0 spiro atoms. The van der Waals surface area contributed by atoms with Crippen LogP contribution >= 0.6 is 0 Å². The zero-order valence-electron chi connectivity index (χ0n) is 10.7. The summed E-state index contributed by atoms with van der Waals surface area (Å²) in [6.07, 6.45) is 3.32. The maximum atomic E-state index is 11.6. The number of hydrogen-bond acceptors (Lipinski definition) is 1. The summed E-state index contributed by atoms with van der Waals surface area (Å²) in [6, 6.07) is 8.04. The largest absolute Gasteiger partial charge is 0.481 e. The van der Waals surface area contributed by atoms with E-state index in [0.29, 0.717) is 6.42 Å². The van der Waals surface area contributed by atoms with Crippen molar-refractivity contribution in [2.75, 3.05) is 0 Å². The van der Waals surface area contributed by atoms with Gasteiger partial charge in [0.15, 0.2) is 0 Å². The van der Waals surface area contributed by atoms with Crippen LogP contribution in [0.15, 0.2) is 30.5 Å². The van der Waals surface area contributed by atoms with Gasteiger partial charge in [-0.3, -0.25) is 4.79 Å². The number of nitrogens with one attached hydrogen (secondary N) is 1. The maximum Gasteiger partial charge on any atom is 0.310 e. The average Bonchev–Trinajstić information content (AvgIpc) is 2.69. The van der Waals surface area contributed by atoms with Crippen molar-refractivity contribution in [3.63, 3.8) is 0 Å². The zero-order valence-corrected chi connectivity index (χ0v) is 10.7. The first-order valence-electron chi connectivity index (χ1n) is 6.25. The highest BCUT2D eigenvalue weighted by molar-refractivity contribution is 5.86. The summed E-state index contributed by atoms with van der Waals surface area (Å²) in [5.74, 6) is -0.669. The lowest BCUT2D eigenvalue weighted by molar-refractivity contribution is -0.144. The van der Waals surface area contributed by atoms with Gasteiger partial charge in [-0.1, -0.05) is 32.0 Å². The number of hydrogen-bond donors (Lipinski definition) is 2. The second-order valence-corrected chi connectivity index (χ2v) is 5.98. The minimum absolute atomic E-state index is 0.1000. The lowest BCUT2D eigenvalue weighted by Crippen LogP contribution is -2.23. The molecular weight excluding hydrogens is 226 g/mol. The molecule has 1 saturated carbocycles. The molecule has 94 valence electrons. The second-order valence-electron chi connectivity index (χ2n) is 5.98. The zero-order chi connectivity index (χ0) is 13.0. The van der Waals surface area contributed by atoms with Crippen LogP contribution in [0.25, 0.3) is 10.9 Å². The molecule has 0 radical (unpaired) electrons. The van der Waals surface area contributed by atoms with Gasteiger partial charge in [-0.2, -0.15) is 0 Å². The molecule has 18 heavy (non-hydrogen) atoms. The van der Waals surface area contributed by atoms with Crippen molar-refractivity contribution in [2.24, 2.45) is 10.8 Å². The van der Waals surface area contributed by atoms with Crippen LogP contribution < -0.4 is 0 Å². The first-order chi connectivity index (χ1) is 8.46. The number of para-hydroxylation sites is 1. The number of rotatable bonds is 3. The number of carboxylic acid groups (broad SMARTS) is 1. The summed E-state index contributed by atoms with van der Waals surface area (Å²) in [4.78, 5) is 14.8. The summed E-state index contributed by atoms with van der Waals surface area (Å²) in [5, 5.41) is 10.6. The van der Waals surface area contributed by atoms with Crippen LogP contribution in [-0.4, -0.2) is 16.1 Å². The van der Waals surface area contributed by atoms with Crippen LogP contribution in [-0.2, 0) is 11.2 Å². The van der Waals surface area contributed by atoms with Crippen LogP contribution in [0.2, 0.25) is 0 Å². The minimum Gasteiger partial charge on any atom is -0.481 e. The van der Waals surface area contributed by atoms with Crippen LogP contribution in [0.1, 0.15) is 25.8 Å². The number of aromatic amines is 1. The number of aliphatic carboxylic acids is 1. The van der Waals surface area contributed by atoms with Crippen LogP contribution in [0.3, 0.4) is 0 Å². The van der Waals surface area contributed by atoms with Gasteiger partial charge in [0, 0.05) is 17.1 Å². The van der Waals surface area contributed by atoms with Crippen molar-refractivity contribution >= 4 is 16.9 Å². The first-order valence-corrected chi connectivity index (χ1v) is 6.25. The lowest BCUT2D eigenvalue weighted by Gasteiger charge is -2.15. The topological polar surface area (TPSA) is 53.1 Å². The third-order valence-corrected chi connectivity index (χ3v) is 4.49. The van der Waals surface area contributed by atoms with E-state index in [2.05, 4.69) is 4.98 Å². The van der Waals surface area contributed by atoms with E-state index < -0.39 is 11.4 Å². The van der Waals surface area contributed by atoms with Crippen LogP contribution in [0.5, 0.6) is 0 Å². The van der Waals surface area contributed by atoms with Gasteiger partial charge < -0.3 is 10.1 Å². The van der Waals surface area contributed by atoms with E-state index >= 15 is 0 Å². The Kier molecular flexibility index (Phi) is 2.12. The summed E-state index contributed by atoms with van der Waals surface area (Å²) >= 11 is 0. The molecule has 3 rings (SSSR count). The normalized spacial score (nSPS) is 25.2. The maximum absolute atomic E-state index is 11.6. The number of aromatic nitrogens is 1. The third-order valence-electron chi connectivity index (χ3n) is 4.49. The highest BCUT2D eigenvalue weighted by Crippen LogP contribution is 2.65. The number of carbonyl (C=O) groups is 1. The summed E-state index contributed by atoms with van der Waals surface area (Å²) < 4.78 is 0. The Bertz CT molecular complexity index is 626. The highest BCUT2D eigenvalue weighted by Gasteiger charge is 2.66. The standard InChI is InChI=1S/C15H17NO2/c1-14(2)9-15(14,13(17)18)7-10-8-16-12-6-4-3-5-11(10)12/h3-6,8,16H,7,9H2,1-2H3,(H,17,18). The Morgan fingerprint density at radius 3 is 2.67 bits per heavy atom. The highest BCUT2D eigenvalue weighted by atomic mass is 16.4. The Labute approximate surface area is 106 Å². The van der Waals surface area contributed by atoms with Crippen molar-refractivity contribution < 1.29 is 9.90 Å². The molecule has 1 fully saturated rings. The first kappa shape index (κ1) is 11.3. The third kappa shape index (κ3) is 1.40. The van der Waals surface area contributed by atoms with Crippen LogP contribution in [0.4, 0.5) is 0 Å². The number of benzene rings is 1. The number of H-pyrrole nitrogens is 1. The molecule has 0 aliphatic heterocycles. The molecule has 0 bridgehead atoms. The second kappa shape index (κ2) is 3.37. The number of fused-ring (bicyclic) bond motifs is 1. The van der Waals surface area contributed by atoms with E-state index in [1.54, 1.807) is 0 Å². The summed E-state index contributed by atoms with van der Waals surface area (Å²) in [6.45, 7) is 4.08. The Morgan fingerprint density at radius 1 is 1.39 bits per heavy atom. The molecule has 3 heteroatoms. The summed E-state index contributed by atoms with van der Waals surface area (Å²) in [7, 11) is 0. The van der Waals surface area contributed by atoms with Crippen molar-refractivity contribution in [2.45, 2.75) is 26.7 Å². The molecule has 3 nitrogen and oxygen atoms in total. The van der Waals surface area contributed by atoms with Crippen molar-refractivity contribution in [3.8, 4) is 0 Å². The fourth-order valence-electron chi connectivity index (χ4n) is 3.06. The Balaban J connectivity index is 2.00. The van der Waals surface area contributed by atoms with Gasteiger partial charge in [0.1, 0.15) is 0 Å². The van der Waals surface area contributed by atoms with Gasteiger partial charge in [0.05, 0.1) is 5.41 Å². The molecule has 1 aliphatic rings. The molecule has 1 aromatic carbocycles. The predicted octanol–water partition coefficient (Wildman–Crippen LogP) is 3.21.